The summed E-state index contributed by atoms with van der Waals surface area (Å²) in [6.07, 6.45) is 1.26. The monoisotopic (exact) mass is 270 g/mol. The van der Waals surface area contributed by atoms with Crippen molar-refractivity contribution in [3.05, 3.63) is 29.6 Å². The molecular weight excluding hydrogens is 255 g/mol. The van der Waals surface area contributed by atoms with E-state index >= 15 is 0 Å². The predicted molar refractivity (Wildman–Crippen MR) is 65.8 cm³/mol. The van der Waals surface area contributed by atoms with E-state index in [2.05, 4.69) is 4.72 Å². The van der Waals surface area contributed by atoms with Crippen molar-refractivity contribution in [2.45, 2.75) is 37.6 Å². The molecule has 98 valence electrons. The zero-order valence-electron chi connectivity index (χ0n) is 10.3. The quantitative estimate of drug-likeness (QED) is 0.891. The molecule has 0 aromatic heterocycles. The van der Waals surface area contributed by atoms with Gasteiger partial charge >= 0.3 is 0 Å². The second-order valence-corrected chi connectivity index (χ2v) is 5.54. The van der Waals surface area contributed by atoms with Crippen molar-refractivity contribution in [2.75, 3.05) is 0 Å². The van der Waals surface area contributed by atoms with Gasteiger partial charge in [0.1, 0.15) is 22.3 Å². The third-order valence-corrected chi connectivity index (χ3v) is 4.25. The number of benzene rings is 1. The average molecular weight is 270 g/mol. The first-order chi connectivity index (χ1) is 8.46. The molecule has 0 fully saturated rings. The van der Waals surface area contributed by atoms with Crippen molar-refractivity contribution in [1.82, 2.24) is 4.72 Å². The molecule has 1 rings (SSSR count). The van der Waals surface area contributed by atoms with Gasteiger partial charge in [0, 0.05) is 6.04 Å². The van der Waals surface area contributed by atoms with E-state index in [1.807, 2.05) is 13.8 Å². The van der Waals surface area contributed by atoms with Crippen molar-refractivity contribution in [3.8, 4) is 6.07 Å². The Morgan fingerprint density at radius 3 is 2.50 bits per heavy atom. The molecule has 0 saturated heterocycles. The Bertz CT molecular complexity index is 560. The summed E-state index contributed by atoms with van der Waals surface area (Å²) in [5, 5.41) is 8.83. The highest BCUT2D eigenvalue weighted by Gasteiger charge is 2.23. The van der Waals surface area contributed by atoms with E-state index in [0.29, 0.717) is 12.8 Å². The Balaban J connectivity index is 3.22. The van der Waals surface area contributed by atoms with E-state index in [1.165, 1.54) is 12.1 Å². The number of nitrogens with one attached hydrogen (secondary N) is 1. The molecule has 0 aliphatic carbocycles. The zero-order valence-corrected chi connectivity index (χ0v) is 11.1. The van der Waals surface area contributed by atoms with Crippen LogP contribution in [0.15, 0.2) is 23.1 Å². The summed E-state index contributed by atoms with van der Waals surface area (Å²) in [7, 11) is -3.86. The van der Waals surface area contributed by atoms with Crippen LogP contribution in [0.25, 0.3) is 0 Å². The first kappa shape index (κ1) is 14.6. The minimum Gasteiger partial charge on any atom is -0.208 e. The highest BCUT2D eigenvalue weighted by atomic mass is 32.2. The van der Waals surface area contributed by atoms with Crippen LogP contribution in [0.1, 0.15) is 32.3 Å². The van der Waals surface area contributed by atoms with Crippen LogP contribution in [0.4, 0.5) is 4.39 Å². The SMILES string of the molecule is CCC(CC)NS(=O)(=O)c1cccc(F)c1C#N. The molecule has 18 heavy (non-hydrogen) atoms. The van der Waals surface area contributed by atoms with Crippen molar-refractivity contribution in [2.24, 2.45) is 0 Å². The number of nitrogens with zero attached hydrogens (tertiary/aromatic N) is 1. The normalized spacial score (nSPS) is 11.5. The lowest BCUT2D eigenvalue weighted by Crippen LogP contribution is -2.34. The number of rotatable bonds is 5. The maximum absolute atomic E-state index is 13.4. The first-order valence-corrected chi connectivity index (χ1v) is 7.15. The highest BCUT2D eigenvalue weighted by Crippen LogP contribution is 2.18. The van der Waals surface area contributed by atoms with Crippen LogP contribution in [-0.4, -0.2) is 14.5 Å². The Morgan fingerprint density at radius 2 is 2.00 bits per heavy atom. The lowest BCUT2D eigenvalue weighted by Gasteiger charge is -2.15. The van der Waals surface area contributed by atoms with E-state index in [1.54, 1.807) is 6.07 Å². The second kappa shape index (κ2) is 5.94. The van der Waals surface area contributed by atoms with Gasteiger partial charge in [-0.1, -0.05) is 19.9 Å². The molecule has 0 aliphatic heterocycles. The number of hydrogen-bond acceptors (Lipinski definition) is 3. The van der Waals surface area contributed by atoms with Gasteiger partial charge in [0.05, 0.1) is 0 Å². The minimum atomic E-state index is -3.86. The fourth-order valence-corrected chi connectivity index (χ4v) is 3.14. The van der Waals surface area contributed by atoms with Crippen LogP contribution in [0.5, 0.6) is 0 Å². The van der Waals surface area contributed by atoms with Gasteiger partial charge in [-0.25, -0.2) is 17.5 Å². The van der Waals surface area contributed by atoms with Crippen LogP contribution < -0.4 is 4.72 Å². The van der Waals surface area contributed by atoms with Crippen molar-refractivity contribution in [1.29, 1.82) is 5.26 Å². The predicted octanol–water partition coefficient (Wildman–Crippen LogP) is 2.16. The molecule has 0 atom stereocenters. The number of nitriles is 1. The summed E-state index contributed by atoms with van der Waals surface area (Å²) >= 11 is 0. The Labute approximate surface area is 106 Å². The molecule has 0 unspecified atom stereocenters. The van der Waals surface area contributed by atoms with Crippen LogP contribution in [-0.2, 0) is 10.0 Å². The molecule has 1 N–H and O–H groups in total. The molecule has 1 aromatic rings. The maximum Gasteiger partial charge on any atom is 0.242 e. The molecule has 0 saturated carbocycles. The molecule has 0 spiro atoms. The fraction of sp³-hybridized carbons (Fsp3) is 0.417. The topological polar surface area (TPSA) is 70.0 Å². The molecule has 0 bridgehead atoms. The third-order valence-electron chi connectivity index (χ3n) is 2.68. The van der Waals surface area contributed by atoms with Gasteiger partial charge in [0.25, 0.3) is 0 Å². The smallest absolute Gasteiger partial charge is 0.208 e. The fourth-order valence-electron chi connectivity index (χ4n) is 1.58. The van der Waals surface area contributed by atoms with Gasteiger partial charge in [-0.2, -0.15) is 5.26 Å². The first-order valence-electron chi connectivity index (χ1n) is 5.67. The summed E-state index contributed by atoms with van der Waals surface area (Å²) < 4.78 is 40.0. The van der Waals surface area contributed by atoms with Crippen LogP contribution in [0.2, 0.25) is 0 Å². The lowest BCUT2D eigenvalue weighted by molar-refractivity contribution is 0.528. The van der Waals surface area contributed by atoms with Gasteiger partial charge in [-0.3, -0.25) is 0 Å². The molecule has 0 aliphatic rings. The Hall–Kier alpha value is -1.45. The van der Waals surface area contributed by atoms with E-state index in [-0.39, 0.29) is 10.9 Å². The summed E-state index contributed by atoms with van der Waals surface area (Å²) in [4.78, 5) is -0.308. The van der Waals surface area contributed by atoms with E-state index in [4.69, 9.17) is 5.26 Å². The Morgan fingerprint density at radius 1 is 1.39 bits per heavy atom. The van der Waals surface area contributed by atoms with Crippen molar-refractivity contribution in [3.63, 3.8) is 0 Å². The van der Waals surface area contributed by atoms with E-state index in [9.17, 15) is 12.8 Å². The average Bonchev–Trinajstić information content (AvgIpc) is 2.35. The minimum absolute atomic E-state index is 0.218. The number of sulfonamides is 1. The zero-order chi connectivity index (χ0) is 13.8. The van der Waals surface area contributed by atoms with Crippen LogP contribution in [0, 0.1) is 17.1 Å². The molecule has 0 heterocycles. The summed E-state index contributed by atoms with van der Waals surface area (Å²) in [5.41, 5.74) is -0.448. The maximum atomic E-state index is 13.4. The number of halogens is 1. The number of hydrogen-bond donors (Lipinski definition) is 1. The summed E-state index contributed by atoms with van der Waals surface area (Å²) in [6.45, 7) is 3.71. The molecule has 6 heteroatoms. The van der Waals surface area contributed by atoms with Gasteiger partial charge in [0.15, 0.2) is 0 Å². The van der Waals surface area contributed by atoms with E-state index in [0.717, 1.165) is 6.07 Å². The third kappa shape index (κ3) is 3.06. The van der Waals surface area contributed by atoms with Gasteiger partial charge in [0.2, 0.25) is 10.0 Å². The van der Waals surface area contributed by atoms with Gasteiger partial charge < -0.3 is 0 Å². The van der Waals surface area contributed by atoms with Crippen molar-refractivity contribution >= 4 is 10.0 Å². The summed E-state index contributed by atoms with van der Waals surface area (Å²) in [6, 6.07) is 4.94. The molecular formula is C12H15FN2O2S. The standard InChI is InChI=1S/C12H15FN2O2S/c1-3-9(4-2)15-18(16,17)12-7-5-6-11(13)10(12)8-14/h5-7,9,15H,3-4H2,1-2H3. The van der Waals surface area contributed by atoms with E-state index < -0.39 is 21.4 Å². The van der Waals surface area contributed by atoms with Gasteiger partial charge in [-0.05, 0) is 25.0 Å². The van der Waals surface area contributed by atoms with Crippen LogP contribution in [0.3, 0.4) is 0 Å². The van der Waals surface area contributed by atoms with Gasteiger partial charge in [-0.15, -0.1) is 0 Å². The molecule has 0 amide bonds. The highest BCUT2D eigenvalue weighted by molar-refractivity contribution is 7.89. The van der Waals surface area contributed by atoms with Crippen molar-refractivity contribution < 1.29 is 12.8 Å². The molecule has 0 radical (unpaired) electrons. The largest absolute Gasteiger partial charge is 0.242 e. The second-order valence-electron chi connectivity index (χ2n) is 3.86. The summed E-state index contributed by atoms with van der Waals surface area (Å²) in [5.74, 6) is -0.829. The van der Waals surface area contributed by atoms with Crippen LogP contribution >= 0.6 is 0 Å². The molecule has 4 nitrogen and oxygen atoms in total. The molecule has 1 aromatic carbocycles. The lowest BCUT2D eigenvalue weighted by atomic mass is 10.2. The Kier molecular flexibility index (Phi) is 4.82.